The van der Waals surface area contributed by atoms with Gasteiger partial charge in [0, 0.05) is 13.1 Å². The van der Waals surface area contributed by atoms with Crippen molar-refractivity contribution >= 4 is 5.97 Å². The summed E-state index contributed by atoms with van der Waals surface area (Å²) >= 11 is 0. The van der Waals surface area contributed by atoms with Crippen molar-refractivity contribution in [2.45, 2.75) is 77.8 Å². The van der Waals surface area contributed by atoms with Crippen LogP contribution in [0.4, 0.5) is 0 Å². The molecule has 0 saturated heterocycles. The molecule has 0 rings (SSSR count). The van der Waals surface area contributed by atoms with Crippen LogP contribution in [0.3, 0.4) is 0 Å². The summed E-state index contributed by atoms with van der Waals surface area (Å²) in [6, 6.07) is 0. The van der Waals surface area contributed by atoms with Crippen molar-refractivity contribution in [3.8, 4) is 0 Å². The number of carboxylic acid groups (broad SMARTS) is 1. The largest absolute Gasteiger partial charge is 0.480 e. The van der Waals surface area contributed by atoms with E-state index in [1.807, 2.05) is 0 Å². The van der Waals surface area contributed by atoms with Crippen LogP contribution in [-0.2, 0) is 4.79 Å². The van der Waals surface area contributed by atoms with E-state index >= 15 is 0 Å². The molecule has 0 aromatic heterocycles. The summed E-state index contributed by atoms with van der Waals surface area (Å²) < 4.78 is 0. The number of nitrogens with one attached hydrogen (secondary N) is 3. The Hall–Kier alpha value is -0.650. The van der Waals surface area contributed by atoms with E-state index in [0.29, 0.717) is 6.54 Å². The Kier molecular flexibility index (Phi) is 16.2. The average molecular weight is 316 g/mol. The predicted molar refractivity (Wildman–Crippen MR) is 93.2 cm³/mol. The maximum Gasteiger partial charge on any atom is 0.317 e. The fourth-order valence-corrected chi connectivity index (χ4v) is 2.40. The lowest BCUT2D eigenvalue weighted by Crippen LogP contribution is -2.43. The van der Waals surface area contributed by atoms with Crippen LogP contribution in [0.1, 0.15) is 71.6 Å². The monoisotopic (exact) mass is 315 g/mol. The molecule has 0 fully saturated rings. The molecule has 4 N–H and O–H groups in total. The summed E-state index contributed by atoms with van der Waals surface area (Å²) in [5, 5.41) is 18.1. The lowest BCUT2D eigenvalue weighted by atomic mass is 10.1. The molecule has 5 nitrogen and oxygen atoms in total. The third-order valence-corrected chi connectivity index (χ3v) is 3.76. The quantitative estimate of drug-likeness (QED) is 0.245. The number of aliphatic carboxylic acids is 1. The number of rotatable bonds is 17. The van der Waals surface area contributed by atoms with Crippen molar-refractivity contribution in [2.24, 2.45) is 0 Å². The Balaban J connectivity index is 3.15. The zero-order chi connectivity index (χ0) is 16.5. The van der Waals surface area contributed by atoms with Gasteiger partial charge in [0.1, 0.15) is 0 Å². The molecule has 0 aromatic carbocycles. The maximum absolute atomic E-state index is 10.3. The molecule has 0 heterocycles. The second kappa shape index (κ2) is 16.7. The molecule has 0 saturated carbocycles. The van der Waals surface area contributed by atoms with E-state index in [9.17, 15) is 4.79 Å². The van der Waals surface area contributed by atoms with Gasteiger partial charge in [0.15, 0.2) is 0 Å². The average Bonchev–Trinajstić information content (AvgIpc) is 2.48. The first-order valence-corrected chi connectivity index (χ1v) is 9.06. The molecule has 22 heavy (non-hydrogen) atoms. The fraction of sp³-hybridized carbons (Fsp3) is 0.941. The van der Waals surface area contributed by atoms with Crippen molar-refractivity contribution in [3.05, 3.63) is 0 Å². The highest BCUT2D eigenvalue weighted by Gasteiger charge is 2.00. The van der Waals surface area contributed by atoms with Gasteiger partial charge in [-0.3, -0.25) is 4.79 Å². The van der Waals surface area contributed by atoms with E-state index in [4.69, 9.17) is 5.11 Å². The first-order valence-electron chi connectivity index (χ1n) is 9.06. The van der Waals surface area contributed by atoms with Crippen molar-refractivity contribution < 1.29 is 9.90 Å². The highest BCUT2D eigenvalue weighted by Crippen LogP contribution is 2.09. The molecule has 0 aliphatic heterocycles. The number of hydrogen-bond acceptors (Lipinski definition) is 4. The second-order valence-corrected chi connectivity index (χ2v) is 6.03. The minimum Gasteiger partial charge on any atom is -0.480 e. The normalized spacial score (nSPS) is 12.5. The summed E-state index contributed by atoms with van der Waals surface area (Å²) in [5.41, 5.74) is 0. The molecular weight excluding hydrogens is 278 g/mol. The number of carbonyl (C=O) groups is 1. The third kappa shape index (κ3) is 17.4. The molecule has 0 aliphatic carbocycles. The van der Waals surface area contributed by atoms with Gasteiger partial charge in [-0.1, -0.05) is 58.3 Å². The van der Waals surface area contributed by atoms with Crippen LogP contribution < -0.4 is 16.0 Å². The molecule has 5 heteroatoms. The number of unbranched alkanes of at least 4 members (excludes halogenated alkanes) is 8. The highest BCUT2D eigenvalue weighted by molar-refractivity contribution is 5.68. The van der Waals surface area contributed by atoms with E-state index in [2.05, 4.69) is 29.8 Å². The van der Waals surface area contributed by atoms with Crippen LogP contribution >= 0.6 is 0 Å². The van der Waals surface area contributed by atoms with Gasteiger partial charge in [-0.2, -0.15) is 0 Å². The standard InChI is InChI=1S/C17H37N3O2/c1-3-4-5-6-7-8-9-10-11-12-19-16(2)20-14-13-18-15-17(21)22/h16,18-20H,3-15H2,1-2H3,(H,21,22). The minimum atomic E-state index is -0.809. The Morgan fingerprint density at radius 3 is 2.00 bits per heavy atom. The lowest BCUT2D eigenvalue weighted by molar-refractivity contribution is -0.135. The van der Waals surface area contributed by atoms with Crippen LogP contribution in [0.2, 0.25) is 0 Å². The van der Waals surface area contributed by atoms with Crippen LogP contribution in [0.5, 0.6) is 0 Å². The molecular formula is C17H37N3O2. The fourth-order valence-electron chi connectivity index (χ4n) is 2.40. The van der Waals surface area contributed by atoms with Crippen molar-refractivity contribution in [1.29, 1.82) is 0 Å². The summed E-state index contributed by atoms with van der Waals surface area (Å²) in [6.45, 7) is 6.89. The molecule has 0 bridgehead atoms. The Morgan fingerprint density at radius 1 is 0.864 bits per heavy atom. The van der Waals surface area contributed by atoms with E-state index in [1.165, 1.54) is 57.8 Å². The summed E-state index contributed by atoms with van der Waals surface area (Å²) in [7, 11) is 0. The summed E-state index contributed by atoms with van der Waals surface area (Å²) in [4.78, 5) is 10.3. The highest BCUT2D eigenvalue weighted by atomic mass is 16.4. The zero-order valence-corrected chi connectivity index (χ0v) is 14.6. The predicted octanol–water partition coefficient (Wildman–Crippen LogP) is 2.72. The Bertz CT molecular complexity index is 250. The molecule has 0 aliphatic rings. The van der Waals surface area contributed by atoms with Gasteiger partial charge in [0.25, 0.3) is 0 Å². The molecule has 1 unspecified atom stereocenters. The Morgan fingerprint density at radius 2 is 1.41 bits per heavy atom. The van der Waals surface area contributed by atoms with Gasteiger partial charge in [-0.15, -0.1) is 0 Å². The second-order valence-electron chi connectivity index (χ2n) is 6.03. The summed E-state index contributed by atoms with van der Waals surface area (Å²) in [5.74, 6) is -0.809. The third-order valence-electron chi connectivity index (χ3n) is 3.76. The number of hydrogen-bond donors (Lipinski definition) is 4. The molecule has 0 radical (unpaired) electrons. The van der Waals surface area contributed by atoms with E-state index in [1.54, 1.807) is 0 Å². The van der Waals surface area contributed by atoms with E-state index in [-0.39, 0.29) is 12.7 Å². The van der Waals surface area contributed by atoms with Crippen LogP contribution in [-0.4, -0.2) is 43.4 Å². The maximum atomic E-state index is 10.3. The van der Waals surface area contributed by atoms with Crippen molar-refractivity contribution in [2.75, 3.05) is 26.2 Å². The first-order chi connectivity index (χ1) is 10.7. The molecule has 132 valence electrons. The van der Waals surface area contributed by atoms with Crippen LogP contribution in [0, 0.1) is 0 Å². The van der Waals surface area contributed by atoms with Gasteiger partial charge in [0.05, 0.1) is 12.7 Å². The van der Waals surface area contributed by atoms with Gasteiger partial charge in [-0.05, 0) is 19.9 Å². The van der Waals surface area contributed by atoms with Gasteiger partial charge < -0.3 is 21.1 Å². The lowest BCUT2D eigenvalue weighted by Gasteiger charge is -2.15. The Labute approximate surface area is 136 Å². The van der Waals surface area contributed by atoms with Crippen molar-refractivity contribution in [3.63, 3.8) is 0 Å². The molecule has 0 aromatic rings. The SMILES string of the molecule is CCCCCCCCCCCNC(C)NCCNCC(=O)O. The van der Waals surface area contributed by atoms with Crippen LogP contribution in [0.25, 0.3) is 0 Å². The first kappa shape index (κ1) is 21.4. The van der Waals surface area contributed by atoms with Gasteiger partial charge >= 0.3 is 5.97 Å². The minimum absolute atomic E-state index is 0.0297. The number of carboxylic acids is 1. The van der Waals surface area contributed by atoms with E-state index in [0.717, 1.165) is 13.1 Å². The smallest absolute Gasteiger partial charge is 0.317 e. The van der Waals surface area contributed by atoms with Crippen molar-refractivity contribution in [1.82, 2.24) is 16.0 Å². The van der Waals surface area contributed by atoms with Crippen LogP contribution in [0.15, 0.2) is 0 Å². The topological polar surface area (TPSA) is 73.4 Å². The molecule has 0 amide bonds. The summed E-state index contributed by atoms with van der Waals surface area (Å²) in [6.07, 6.45) is 12.5. The zero-order valence-electron chi connectivity index (χ0n) is 14.6. The molecule has 1 atom stereocenters. The molecule has 0 spiro atoms. The van der Waals surface area contributed by atoms with Gasteiger partial charge in [-0.25, -0.2) is 0 Å². The van der Waals surface area contributed by atoms with E-state index < -0.39 is 5.97 Å². The van der Waals surface area contributed by atoms with Gasteiger partial charge in [0.2, 0.25) is 0 Å².